The lowest BCUT2D eigenvalue weighted by atomic mass is 9.97. The quantitative estimate of drug-likeness (QED) is 0.652. The molecule has 2 heterocycles. The van der Waals surface area contributed by atoms with Crippen molar-refractivity contribution < 1.29 is 4.79 Å². The molecule has 32 heavy (non-hydrogen) atoms. The molecule has 2 aliphatic heterocycles. The summed E-state index contributed by atoms with van der Waals surface area (Å²) in [6.07, 6.45) is 1.95. The van der Waals surface area contributed by atoms with Crippen molar-refractivity contribution in [1.29, 1.82) is 5.26 Å². The van der Waals surface area contributed by atoms with Gasteiger partial charge in [-0.1, -0.05) is 18.2 Å². The maximum absolute atomic E-state index is 12.7. The number of nitrogens with one attached hydrogen (secondary N) is 3. The minimum atomic E-state index is -0.0204. The Morgan fingerprint density at radius 2 is 1.78 bits per heavy atom. The zero-order valence-electron chi connectivity index (χ0n) is 18.5. The number of carbonyl (C=O) groups is 1. The smallest absolute Gasteiger partial charge is 0.321 e. The molecule has 2 aliphatic rings. The Hall–Kier alpha value is -3.08. The van der Waals surface area contributed by atoms with Gasteiger partial charge in [0, 0.05) is 63.7 Å². The van der Waals surface area contributed by atoms with Crippen molar-refractivity contribution in [3.63, 3.8) is 0 Å². The average molecular weight is 433 g/mol. The first-order chi connectivity index (χ1) is 15.7. The highest BCUT2D eigenvalue weighted by Gasteiger charge is 2.22. The standard InChI is InChI=1S/C25H32N6O/c26-17-22-2-1-3-24(16-22)28-18-20-8-12-31(13-9-20)25(32)29-23-6-4-21(5-7-23)19-30-14-10-27-11-15-30/h1-7,16,20,27-28H,8-15,18-19H2,(H,29,32). The van der Waals surface area contributed by atoms with Gasteiger partial charge >= 0.3 is 6.03 Å². The van der Waals surface area contributed by atoms with Gasteiger partial charge in [0.1, 0.15) is 0 Å². The predicted molar refractivity (Wildman–Crippen MR) is 128 cm³/mol. The first kappa shape index (κ1) is 22.1. The fraction of sp³-hybridized carbons (Fsp3) is 0.440. The van der Waals surface area contributed by atoms with E-state index in [1.165, 1.54) is 5.56 Å². The lowest BCUT2D eigenvalue weighted by Gasteiger charge is -2.32. The molecule has 168 valence electrons. The van der Waals surface area contributed by atoms with E-state index in [1.54, 1.807) is 0 Å². The van der Waals surface area contributed by atoms with Crippen LogP contribution in [-0.2, 0) is 6.54 Å². The molecule has 0 unspecified atom stereocenters. The molecule has 0 radical (unpaired) electrons. The van der Waals surface area contributed by atoms with E-state index in [9.17, 15) is 4.79 Å². The van der Waals surface area contributed by atoms with Crippen LogP contribution in [0.2, 0.25) is 0 Å². The minimum absolute atomic E-state index is 0.0204. The molecule has 3 N–H and O–H groups in total. The number of anilines is 2. The van der Waals surface area contributed by atoms with Gasteiger partial charge in [-0.15, -0.1) is 0 Å². The summed E-state index contributed by atoms with van der Waals surface area (Å²) in [5.41, 5.74) is 3.77. The predicted octanol–water partition coefficient (Wildman–Crippen LogP) is 3.32. The normalized spacial score (nSPS) is 17.5. The molecule has 0 bridgehead atoms. The van der Waals surface area contributed by atoms with E-state index in [1.807, 2.05) is 41.3 Å². The molecule has 7 nitrogen and oxygen atoms in total. The lowest BCUT2D eigenvalue weighted by molar-refractivity contribution is 0.185. The summed E-state index contributed by atoms with van der Waals surface area (Å²) in [4.78, 5) is 17.0. The second-order valence-corrected chi connectivity index (χ2v) is 8.66. The van der Waals surface area contributed by atoms with Crippen LogP contribution in [0.5, 0.6) is 0 Å². The van der Waals surface area contributed by atoms with Crippen molar-refractivity contribution in [3.05, 3.63) is 59.7 Å². The van der Waals surface area contributed by atoms with E-state index in [0.29, 0.717) is 11.5 Å². The molecular weight excluding hydrogens is 400 g/mol. The number of hydrogen-bond acceptors (Lipinski definition) is 5. The third-order valence-electron chi connectivity index (χ3n) is 6.31. The maximum Gasteiger partial charge on any atom is 0.321 e. The van der Waals surface area contributed by atoms with E-state index in [2.05, 4.69) is 39.1 Å². The number of nitrogens with zero attached hydrogens (tertiary/aromatic N) is 3. The first-order valence-corrected chi connectivity index (χ1v) is 11.5. The van der Waals surface area contributed by atoms with Crippen LogP contribution in [0.3, 0.4) is 0 Å². The van der Waals surface area contributed by atoms with Crippen LogP contribution >= 0.6 is 0 Å². The van der Waals surface area contributed by atoms with E-state index in [0.717, 1.165) is 76.6 Å². The lowest BCUT2D eigenvalue weighted by Crippen LogP contribution is -2.42. The summed E-state index contributed by atoms with van der Waals surface area (Å²) in [6, 6.07) is 17.9. The number of hydrogen-bond donors (Lipinski definition) is 3. The van der Waals surface area contributed by atoms with Crippen LogP contribution in [0.1, 0.15) is 24.0 Å². The number of nitriles is 1. The van der Waals surface area contributed by atoms with Crippen LogP contribution in [0.4, 0.5) is 16.2 Å². The van der Waals surface area contributed by atoms with Crippen LogP contribution in [0, 0.1) is 17.2 Å². The van der Waals surface area contributed by atoms with Gasteiger partial charge in [-0.25, -0.2) is 4.79 Å². The third kappa shape index (κ3) is 6.22. The maximum atomic E-state index is 12.7. The summed E-state index contributed by atoms with van der Waals surface area (Å²) < 4.78 is 0. The van der Waals surface area contributed by atoms with E-state index >= 15 is 0 Å². The largest absolute Gasteiger partial charge is 0.385 e. The van der Waals surface area contributed by atoms with Crippen molar-refractivity contribution in [2.45, 2.75) is 19.4 Å². The Labute approximate surface area is 190 Å². The van der Waals surface area contributed by atoms with Crippen LogP contribution in [-0.4, -0.2) is 61.6 Å². The summed E-state index contributed by atoms with van der Waals surface area (Å²) in [5, 5.41) is 18.9. The molecule has 0 aliphatic carbocycles. The molecule has 7 heteroatoms. The first-order valence-electron chi connectivity index (χ1n) is 11.5. The molecule has 2 saturated heterocycles. The Kier molecular flexibility index (Phi) is 7.59. The number of carbonyl (C=O) groups excluding carboxylic acids is 1. The van der Waals surface area contributed by atoms with Gasteiger partial charge in [-0.3, -0.25) is 4.90 Å². The Balaban J connectivity index is 1.19. The molecule has 0 atom stereocenters. The molecule has 0 saturated carbocycles. The number of piperazine rings is 1. The van der Waals surface area contributed by atoms with Gasteiger partial charge in [-0.2, -0.15) is 5.26 Å². The van der Waals surface area contributed by atoms with E-state index in [4.69, 9.17) is 5.26 Å². The van der Waals surface area contributed by atoms with Crippen LogP contribution in [0.15, 0.2) is 48.5 Å². The van der Waals surface area contributed by atoms with Gasteiger partial charge in [-0.05, 0) is 54.7 Å². The number of likely N-dealkylation sites (tertiary alicyclic amines) is 1. The monoisotopic (exact) mass is 432 g/mol. The highest BCUT2D eigenvalue weighted by molar-refractivity contribution is 5.89. The molecule has 4 rings (SSSR count). The van der Waals surface area contributed by atoms with Gasteiger partial charge < -0.3 is 20.9 Å². The fourth-order valence-corrected chi connectivity index (χ4v) is 4.32. The van der Waals surface area contributed by atoms with E-state index < -0.39 is 0 Å². The molecule has 0 aromatic heterocycles. The van der Waals surface area contributed by atoms with Crippen molar-refractivity contribution in [3.8, 4) is 6.07 Å². The zero-order valence-corrected chi connectivity index (χ0v) is 18.5. The third-order valence-corrected chi connectivity index (χ3v) is 6.31. The van der Waals surface area contributed by atoms with E-state index in [-0.39, 0.29) is 6.03 Å². The summed E-state index contributed by atoms with van der Waals surface area (Å²) in [6.45, 7) is 7.60. The van der Waals surface area contributed by atoms with Crippen molar-refractivity contribution >= 4 is 17.4 Å². The molecule has 2 aromatic carbocycles. The van der Waals surface area contributed by atoms with Crippen molar-refractivity contribution in [2.24, 2.45) is 5.92 Å². The van der Waals surface area contributed by atoms with Gasteiger partial charge in [0.05, 0.1) is 11.6 Å². The Morgan fingerprint density at radius 1 is 1.03 bits per heavy atom. The number of rotatable bonds is 6. The summed E-state index contributed by atoms with van der Waals surface area (Å²) in [7, 11) is 0. The molecular formula is C25H32N6O. The van der Waals surface area contributed by atoms with Crippen LogP contribution in [0.25, 0.3) is 0 Å². The Bertz CT molecular complexity index is 924. The highest BCUT2D eigenvalue weighted by Crippen LogP contribution is 2.20. The topological polar surface area (TPSA) is 83.4 Å². The average Bonchev–Trinajstić information content (AvgIpc) is 2.85. The second kappa shape index (κ2) is 11.0. The number of amides is 2. The molecule has 0 spiro atoms. The number of piperidine rings is 1. The number of urea groups is 1. The second-order valence-electron chi connectivity index (χ2n) is 8.66. The van der Waals surface area contributed by atoms with Crippen molar-refractivity contribution in [2.75, 3.05) is 56.4 Å². The SMILES string of the molecule is N#Cc1cccc(NCC2CCN(C(=O)Nc3ccc(CN4CCNCC4)cc3)CC2)c1. The Morgan fingerprint density at radius 3 is 2.50 bits per heavy atom. The zero-order chi connectivity index (χ0) is 22.2. The van der Waals surface area contributed by atoms with Crippen molar-refractivity contribution in [1.82, 2.24) is 15.1 Å². The minimum Gasteiger partial charge on any atom is -0.385 e. The van der Waals surface area contributed by atoms with Crippen LogP contribution < -0.4 is 16.0 Å². The fourth-order valence-electron chi connectivity index (χ4n) is 4.32. The molecule has 2 amide bonds. The summed E-state index contributed by atoms with van der Waals surface area (Å²) in [5.74, 6) is 0.522. The highest BCUT2D eigenvalue weighted by atomic mass is 16.2. The van der Waals surface area contributed by atoms with Gasteiger partial charge in [0.2, 0.25) is 0 Å². The molecule has 2 aromatic rings. The molecule has 2 fully saturated rings. The number of benzene rings is 2. The van der Waals surface area contributed by atoms with Gasteiger partial charge in [0.25, 0.3) is 0 Å². The summed E-state index contributed by atoms with van der Waals surface area (Å²) >= 11 is 0. The van der Waals surface area contributed by atoms with Gasteiger partial charge in [0.15, 0.2) is 0 Å².